The minimum atomic E-state index is -0.0405. The van der Waals surface area contributed by atoms with Crippen molar-refractivity contribution in [2.75, 3.05) is 6.54 Å². The van der Waals surface area contributed by atoms with Crippen LogP contribution < -0.4 is 0 Å². The second-order valence-electron chi connectivity index (χ2n) is 6.30. The number of benzene rings is 2. The van der Waals surface area contributed by atoms with Gasteiger partial charge in [-0.3, -0.25) is 4.79 Å². The fourth-order valence-corrected chi connectivity index (χ4v) is 3.22. The van der Waals surface area contributed by atoms with Gasteiger partial charge in [-0.1, -0.05) is 85.8 Å². The summed E-state index contributed by atoms with van der Waals surface area (Å²) in [6.45, 7) is 4.66. The van der Waals surface area contributed by atoms with E-state index in [4.69, 9.17) is 0 Å². The first kappa shape index (κ1) is 16.3. The summed E-state index contributed by atoms with van der Waals surface area (Å²) in [5.41, 5.74) is 3.39. The average Bonchev–Trinajstić information content (AvgIpc) is 2.62. The van der Waals surface area contributed by atoms with Crippen LogP contribution in [-0.2, 0) is 4.79 Å². The highest BCUT2D eigenvalue weighted by Crippen LogP contribution is 2.33. The van der Waals surface area contributed by atoms with Crippen molar-refractivity contribution in [1.82, 2.24) is 4.90 Å². The highest BCUT2D eigenvalue weighted by molar-refractivity contribution is 5.83. The Morgan fingerprint density at radius 3 is 2.29 bits per heavy atom. The van der Waals surface area contributed by atoms with E-state index in [1.165, 1.54) is 5.56 Å². The highest BCUT2D eigenvalue weighted by atomic mass is 16.2. The fraction of sp³-hybridized carbons (Fsp3) is 0.227. The van der Waals surface area contributed by atoms with Gasteiger partial charge in [-0.25, -0.2) is 0 Å². The summed E-state index contributed by atoms with van der Waals surface area (Å²) in [6, 6.07) is 20.4. The largest absolute Gasteiger partial charge is 0.313 e. The van der Waals surface area contributed by atoms with Gasteiger partial charge in [-0.15, -0.1) is 0 Å². The zero-order valence-corrected chi connectivity index (χ0v) is 14.2. The summed E-state index contributed by atoms with van der Waals surface area (Å²) < 4.78 is 0. The summed E-state index contributed by atoms with van der Waals surface area (Å²) in [7, 11) is 0. The van der Waals surface area contributed by atoms with Crippen LogP contribution in [0.4, 0.5) is 0 Å². The third-order valence-electron chi connectivity index (χ3n) is 4.62. The standard InChI is InChI=1S/C22H23NO/c1-17-16-21(20-13-7-4-8-14-20)18(2)22(24)23(17)15-9-12-19-10-5-3-6-11-19/h3-14,16,18,21H,15H2,1-2H3/b12-9+/t18-,21+/m0/s1. The number of hydrogen-bond donors (Lipinski definition) is 0. The number of hydrogen-bond acceptors (Lipinski definition) is 1. The molecule has 2 heteroatoms. The molecule has 0 radical (unpaired) electrons. The summed E-state index contributed by atoms with van der Waals surface area (Å²) in [5.74, 6) is 0.316. The lowest BCUT2D eigenvalue weighted by Gasteiger charge is -2.34. The monoisotopic (exact) mass is 317 g/mol. The average molecular weight is 317 g/mol. The highest BCUT2D eigenvalue weighted by Gasteiger charge is 2.32. The molecular weight excluding hydrogens is 294 g/mol. The molecule has 0 saturated carbocycles. The minimum Gasteiger partial charge on any atom is -0.313 e. The Morgan fingerprint density at radius 1 is 1.00 bits per heavy atom. The molecule has 24 heavy (non-hydrogen) atoms. The Hall–Kier alpha value is -2.61. The van der Waals surface area contributed by atoms with E-state index in [0.717, 1.165) is 11.3 Å². The Labute approximate surface area is 144 Å². The molecule has 0 bridgehead atoms. The molecule has 1 aliphatic heterocycles. The van der Waals surface area contributed by atoms with Gasteiger partial charge >= 0.3 is 0 Å². The van der Waals surface area contributed by atoms with E-state index in [2.05, 4.69) is 42.5 Å². The molecule has 0 unspecified atom stereocenters. The van der Waals surface area contributed by atoms with Gasteiger partial charge in [0.25, 0.3) is 0 Å². The SMILES string of the molecule is CC1=C[C@@H](c2ccccc2)[C@H](C)C(=O)N1C/C=C/c1ccccc1. The zero-order chi connectivity index (χ0) is 16.9. The van der Waals surface area contributed by atoms with Crippen LogP contribution in [0.25, 0.3) is 6.08 Å². The number of allylic oxidation sites excluding steroid dienone is 2. The van der Waals surface area contributed by atoms with Crippen molar-refractivity contribution >= 4 is 12.0 Å². The van der Waals surface area contributed by atoms with Crippen molar-refractivity contribution in [3.8, 4) is 0 Å². The predicted octanol–water partition coefficient (Wildman–Crippen LogP) is 4.87. The quantitative estimate of drug-likeness (QED) is 0.788. The topological polar surface area (TPSA) is 20.3 Å². The molecular formula is C22H23NO. The van der Waals surface area contributed by atoms with Crippen LogP contribution in [0.3, 0.4) is 0 Å². The molecule has 2 nitrogen and oxygen atoms in total. The Kier molecular flexibility index (Phi) is 4.95. The van der Waals surface area contributed by atoms with Crippen molar-refractivity contribution < 1.29 is 4.79 Å². The molecule has 0 aliphatic carbocycles. The second kappa shape index (κ2) is 7.31. The minimum absolute atomic E-state index is 0.0405. The van der Waals surface area contributed by atoms with Crippen molar-refractivity contribution in [1.29, 1.82) is 0 Å². The number of amides is 1. The van der Waals surface area contributed by atoms with E-state index in [1.807, 2.05) is 55.1 Å². The lowest BCUT2D eigenvalue weighted by atomic mass is 9.83. The Morgan fingerprint density at radius 2 is 1.62 bits per heavy atom. The first-order valence-corrected chi connectivity index (χ1v) is 8.43. The van der Waals surface area contributed by atoms with Crippen LogP contribution in [0.2, 0.25) is 0 Å². The van der Waals surface area contributed by atoms with Crippen LogP contribution in [0, 0.1) is 5.92 Å². The van der Waals surface area contributed by atoms with E-state index in [1.54, 1.807) is 0 Å². The molecule has 1 aliphatic rings. The second-order valence-corrected chi connectivity index (χ2v) is 6.30. The Bertz CT molecular complexity index is 746. The summed E-state index contributed by atoms with van der Waals surface area (Å²) >= 11 is 0. The number of carbonyl (C=O) groups is 1. The number of nitrogens with zero attached hydrogens (tertiary/aromatic N) is 1. The first-order valence-electron chi connectivity index (χ1n) is 8.43. The van der Waals surface area contributed by atoms with Gasteiger partial charge in [0.05, 0.1) is 0 Å². The van der Waals surface area contributed by atoms with Gasteiger partial charge in [0, 0.05) is 24.1 Å². The van der Waals surface area contributed by atoms with E-state index in [0.29, 0.717) is 6.54 Å². The smallest absolute Gasteiger partial charge is 0.230 e. The molecule has 1 amide bonds. The van der Waals surface area contributed by atoms with Crippen LogP contribution in [-0.4, -0.2) is 17.4 Å². The molecule has 0 fully saturated rings. The maximum Gasteiger partial charge on any atom is 0.230 e. The van der Waals surface area contributed by atoms with Gasteiger partial charge < -0.3 is 4.90 Å². The zero-order valence-electron chi connectivity index (χ0n) is 14.2. The van der Waals surface area contributed by atoms with E-state index in [9.17, 15) is 4.79 Å². The maximum absolute atomic E-state index is 12.8. The molecule has 0 spiro atoms. The molecule has 0 N–H and O–H groups in total. The van der Waals surface area contributed by atoms with E-state index < -0.39 is 0 Å². The maximum atomic E-state index is 12.8. The molecule has 122 valence electrons. The predicted molar refractivity (Wildman–Crippen MR) is 99.3 cm³/mol. The molecule has 1 heterocycles. The van der Waals surface area contributed by atoms with Crippen molar-refractivity contribution in [3.05, 3.63) is 89.6 Å². The van der Waals surface area contributed by atoms with E-state index >= 15 is 0 Å². The molecule has 0 aromatic heterocycles. The summed E-state index contributed by atoms with van der Waals surface area (Å²) in [5, 5.41) is 0. The first-order chi connectivity index (χ1) is 11.7. The molecule has 3 rings (SSSR count). The number of carbonyl (C=O) groups excluding carboxylic acids is 1. The normalized spacial score (nSPS) is 21.2. The fourth-order valence-electron chi connectivity index (χ4n) is 3.22. The van der Waals surface area contributed by atoms with Crippen LogP contribution >= 0.6 is 0 Å². The van der Waals surface area contributed by atoms with Gasteiger partial charge in [0.2, 0.25) is 5.91 Å². The van der Waals surface area contributed by atoms with Crippen molar-refractivity contribution in [3.63, 3.8) is 0 Å². The van der Waals surface area contributed by atoms with Crippen LogP contribution in [0.15, 0.2) is 78.5 Å². The number of rotatable bonds is 4. The molecule has 2 atom stereocenters. The lowest BCUT2D eigenvalue weighted by molar-refractivity contribution is -0.133. The van der Waals surface area contributed by atoms with Crippen molar-refractivity contribution in [2.24, 2.45) is 5.92 Å². The van der Waals surface area contributed by atoms with Gasteiger partial charge in [0.1, 0.15) is 0 Å². The third-order valence-corrected chi connectivity index (χ3v) is 4.62. The van der Waals surface area contributed by atoms with Gasteiger partial charge in [-0.2, -0.15) is 0 Å². The summed E-state index contributed by atoms with van der Waals surface area (Å²) in [6.07, 6.45) is 6.34. The van der Waals surface area contributed by atoms with Gasteiger partial charge in [0.15, 0.2) is 0 Å². The third kappa shape index (κ3) is 3.48. The van der Waals surface area contributed by atoms with E-state index in [-0.39, 0.29) is 17.7 Å². The Balaban J connectivity index is 1.76. The van der Waals surface area contributed by atoms with Crippen LogP contribution in [0.5, 0.6) is 0 Å². The van der Waals surface area contributed by atoms with Crippen molar-refractivity contribution in [2.45, 2.75) is 19.8 Å². The lowest BCUT2D eigenvalue weighted by Crippen LogP contribution is -2.39. The molecule has 2 aromatic carbocycles. The van der Waals surface area contributed by atoms with Crippen LogP contribution in [0.1, 0.15) is 30.9 Å². The van der Waals surface area contributed by atoms with Gasteiger partial charge in [-0.05, 0) is 18.1 Å². The molecule has 0 saturated heterocycles. The molecule has 2 aromatic rings. The summed E-state index contributed by atoms with van der Waals surface area (Å²) in [4.78, 5) is 14.7.